The molecule has 0 bridgehead atoms. The van der Waals surface area contributed by atoms with Gasteiger partial charge in [0.1, 0.15) is 23.4 Å². The normalized spacial score (nSPS) is 14.1. The van der Waals surface area contributed by atoms with E-state index < -0.39 is 0 Å². The molecule has 1 aliphatic rings. The maximum absolute atomic E-state index is 14.5. The van der Waals surface area contributed by atoms with Gasteiger partial charge in [0.2, 0.25) is 6.41 Å². The molecule has 0 saturated carbocycles. The first-order valence-corrected chi connectivity index (χ1v) is 12.8. The molecule has 0 aromatic heterocycles. The van der Waals surface area contributed by atoms with Crippen LogP contribution in [0.1, 0.15) is 24.0 Å². The van der Waals surface area contributed by atoms with Crippen LogP contribution in [0.25, 0.3) is 11.1 Å². The molecule has 1 fully saturated rings. The predicted octanol–water partition coefficient (Wildman–Crippen LogP) is 3.70. The number of benzene rings is 3. The van der Waals surface area contributed by atoms with Crippen LogP contribution in [-0.2, 0) is 11.2 Å². The van der Waals surface area contributed by atoms with E-state index in [1.807, 2.05) is 24.3 Å². The molecule has 4 rings (SSSR count). The van der Waals surface area contributed by atoms with E-state index in [-0.39, 0.29) is 17.7 Å². The maximum atomic E-state index is 14.5. The van der Waals surface area contributed by atoms with Gasteiger partial charge in [-0.25, -0.2) is 4.39 Å². The van der Waals surface area contributed by atoms with Crippen LogP contribution in [0.3, 0.4) is 0 Å². The van der Waals surface area contributed by atoms with E-state index >= 15 is 0 Å². The van der Waals surface area contributed by atoms with Crippen molar-refractivity contribution < 1.29 is 19.0 Å². The highest BCUT2D eigenvalue weighted by Crippen LogP contribution is 2.33. The van der Waals surface area contributed by atoms with Crippen molar-refractivity contribution in [1.82, 2.24) is 10.6 Å². The van der Waals surface area contributed by atoms with Crippen LogP contribution >= 0.6 is 0 Å². The molecule has 8 nitrogen and oxygen atoms in total. The van der Waals surface area contributed by atoms with Gasteiger partial charge < -0.3 is 36.5 Å². The summed E-state index contributed by atoms with van der Waals surface area (Å²) in [6, 6.07) is 15.5. The molecule has 1 aliphatic heterocycles. The topological polar surface area (TPSA) is 124 Å². The molecule has 6 N–H and O–H groups in total. The SMILES string of the molecule is N=Cc1ccc(-c2cc(CCC(CCNC=O)Oc3cc(F)cc(N4CCNCC4)c3)ccc2O)cc1N. The monoisotopic (exact) mass is 519 g/mol. The lowest BCUT2D eigenvalue weighted by Gasteiger charge is -2.30. The fourth-order valence-electron chi connectivity index (χ4n) is 4.65. The van der Waals surface area contributed by atoms with Crippen LogP contribution in [0, 0.1) is 11.2 Å². The summed E-state index contributed by atoms with van der Waals surface area (Å²) < 4.78 is 20.7. The lowest BCUT2D eigenvalue weighted by Crippen LogP contribution is -2.43. The second kappa shape index (κ2) is 12.9. The van der Waals surface area contributed by atoms with Crippen LogP contribution in [0.2, 0.25) is 0 Å². The molecule has 1 heterocycles. The highest BCUT2D eigenvalue weighted by atomic mass is 19.1. The largest absolute Gasteiger partial charge is 0.507 e. The number of hydrogen-bond acceptors (Lipinski definition) is 7. The second-order valence-corrected chi connectivity index (χ2v) is 9.36. The summed E-state index contributed by atoms with van der Waals surface area (Å²) in [5.74, 6) is 0.249. The molecule has 1 saturated heterocycles. The van der Waals surface area contributed by atoms with Gasteiger partial charge in [-0.15, -0.1) is 0 Å². The number of phenols is 1. The summed E-state index contributed by atoms with van der Waals surface area (Å²) in [6.45, 7) is 3.73. The third kappa shape index (κ3) is 7.01. The van der Waals surface area contributed by atoms with Gasteiger partial charge in [0.05, 0.1) is 0 Å². The van der Waals surface area contributed by atoms with Crippen LogP contribution in [0.15, 0.2) is 54.6 Å². The number of rotatable bonds is 12. The smallest absolute Gasteiger partial charge is 0.207 e. The molecule has 200 valence electrons. The number of amides is 1. The fraction of sp³-hybridized carbons (Fsp3) is 0.310. The zero-order valence-corrected chi connectivity index (χ0v) is 21.3. The first-order chi connectivity index (χ1) is 18.5. The molecule has 1 unspecified atom stereocenters. The third-order valence-corrected chi connectivity index (χ3v) is 6.70. The van der Waals surface area contributed by atoms with Gasteiger partial charge in [-0.2, -0.15) is 0 Å². The summed E-state index contributed by atoms with van der Waals surface area (Å²) in [4.78, 5) is 12.9. The van der Waals surface area contributed by atoms with Crippen molar-refractivity contribution >= 4 is 24.0 Å². The highest BCUT2D eigenvalue weighted by Gasteiger charge is 2.17. The number of ether oxygens (including phenoxy) is 1. The molecule has 3 aromatic rings. The van der Waals surface area contributed by atoms with E-state index in [0.717, 1.165) is 43.0 Å². The van der Waals surface area contributed by atoms with Crippen molar-refractivity contribution in [2.75, 3.05) is 43.4 Å². The quantitative estimate of drug-likeness (QED) is 0.108. The molecular weight excluding hydrogens is 485 g/mol. The Morgan fingerprint density at radius 2 is 1.95 bits per heavy atom. The number of anilines is 2. The van der Waals surface area contributed by atoms with Crippen molar-refractivity contribution in [2.24, 2.45) is 0 Å². The molecule has 9 heteroatoms. The van der Waals surface area contributed by atoms with Gasteiger partial charge in [-0.05, 0) is 48.2 Å². The Morgan fingerprint density at radius 3 is 2.68 bits per heavy atom. The standard InChI is InChI=1S/C29H34FN5O3/c30-23-15-24(35-11-9-33-10-12-35)17-26(16-23)38-25(7-8-34-19-36)5-1-20-2-6-29(37)27(13-20)21-3-4-22(18-31)28(32)14-21/h2-4,6,13-19,25,31,33,37H,1,5,7-12,32H2,(H,34,36). The number of nitrogens with two attached hydrogens (primary N) is 1. The summed E-state index contributed by atoms with van der Waals surface area (Å²) in [6.07, 6.45) is 3.42. The average molecular weight is 520 g/mol. The Kier molecular flexibility index (Phi) is 9.16. The maximum Gasteiger partial charge on any atom is 0.207 e. The highest BCUT2D eigenvalue weighted by molar-refractivity contribution is 5.87. The van der Waals surface area contributed by atoms with Gasteiger partial charge in [-0.1, -0.05) is 18.2 Å². The summed E-state index contributed by atoms with van der Waals surface area (Å²) in [5.41, 5.74) is 10.3. The van der Waals surface area contributed by atoms with Crippen molar-refractivity contribution in [3.05, 3.63) is 71.5 Å². The van der Waals surface area contributed by atoms with Crippen molar-refractivity contribution in [3.63, 3.8) is 0 Å². The van der Waals surface area contributed by atoms with Crippen LogP contribution < -0.4 is 26.0 Å². The Balaban J connectivity index is 1.49. The Bertz CT molecular complexity index is 1260. The van der Waals surface area contributed by atoms with E-state index in [4.69, 9.17) is 15.9 Å². The number of carbonyl (C=O) groups is 1. The van der Waals surface area contributed by atoms with Crippen LogP contribution in [-0.4, -0.2) is 56.6 Å². The number of aromatic hydroxyl groups is 1. The fourth-order valence-corrected chi connectivity index (χ4v) is 4.65. The van der Waals surface area contributed by atoms with E-state index in [1.54, 1.807) is 18.2 Å². The summed E-state index contributed by atoms with van der Waals surface area (Å²) >= 11 is 0. The number of aryl methyl sites for hydroxylation is 1. The molecule has 0 aliphatic carbocycles. The number of nitrogens with one attached hydrogen (secondary N) is 3. The number of nitrogen functional groups attached to an aromatic ring is 1. The molecule has 0 spiro atoms. The number of piperazine rings is 1. The number of halogens is 1. The molecule has 3 aromatic carbocycles. The van der Waals surface area contributed by atoms with Crippen molar-refractivity contribution in [3.8, 4) is 22.6 Å². The number of phenolic OH excluding ortho intramolecular Hbond substituents is 1. The minimum absolute atomic E-state index is 0.138. The molecule has 1 amide bonds. The van der Waals surface area contributed by atoms with Gasteiger partial charge in [0.25, 0.3) is 0 Å². The molecule has 0 radical (unpaired) electrons. The van der Waals surface area contributed by atoms with E-state index in [2.05, 4.69) is 15.5 Å². The number of hydrogen-bond donors (Lipinski definition) is 5. The van der Waals surface area contributed by atoms with Crippen LogP contribution in [0.5, 0.6) is 11.5 Å². The van der Waals surface area contributed by atoms with E-state index in [9.17, 15) is 14.3 Å². The van der Waals surface area contributed by atoms with E-state index in [1.165, 1.54) is 18.3 Å². The third-order valence-electron chi connectivity index (χ3n) is 6.70. The number of carbonyl (C=O) groups excluding carboxylic acids is 1. The second-order valence-electron chi connectivity index (χ2n) is 9.36. The first-order valence-electron chi connectivity index (χ1n) is 12.8. The van der Waals surface area contributed by atoms with Crippen molar-refractivity contribution in [2.45, 2.75) is 25.4 Å². The minimum atomic E-state index is -0.350. The molecule has 1 atom stereocenters. The Labute approximate surface area is 222 Å². The molecule has 38 heavy (non-hydrogen) atoms. The zero-order valence-electron chi connectivity index (χ0n) is 21.3. The summed E-state index contributed by atoms with van der Waals surface area (Å²) in [7, 11) is 0. The van der Waals surface area contributed by atoms with Crippen molar-refractivity contribution in [1.29, 1.82) is 5.41 Å². The number of nitrogens with zero attached hydrogens (tertiary/aromatic N) is 1. The van der Waals surface area contributed by atoms with Gasteiger partial charge >= 0.3 is 0 Å². The predicted molar refractivity (Wildman–Crippen MR) is 149 cm³/mol. The first kappa shape index (κ1) is 26.9. The average Bonchev–Trinajstić information content (AvgIpc) is 2.92. The van der Waals surface area contributed by atoms with Gasteiger partial charge in [0, 0.05) is 80.0 Å². The minimum Gasteiger partial charge on any atom is -0.507 e. The lowest BCUT2D eigenvalue weighted by atomic mass is 9.97. The van der Waals surface area contributed by atoms with E-state index in [0.29, 0.717) is 54.8 Å². The van der Waals surface area contributed by atoms with Gasteiger partial charge in [-0.3, -0.25) is 4.79 Å². The Hall–Kier alpha value is -4.11. The zero-order chi connectivity index (χ0) is 26.9. The van der Waals surface area contributed by atoms with Gasteiger partial charge in [0.15, 0.2) is 0 Å². The van der Waals surface area contributed by atoms with Crippen LogP contribution in [0.4, 0.5) is 15.8 Å². The lowest BCUT2D eigenvalue weighted by molar-refractivity contribution is -0.109. The Morgan fingerprint density at radius 1 is 1.13 bits per heavy atom. The summed E-state index contributed by atoms with van der Waals surface area (Å²) in [5, 5.41) is 23.9. The molecular formula is C29H34FN5O3.